The smallest absolute Gasteiger partial charge is 0.238 e. The van der Waals surface area contributed by atoms with Crippen LogP contribution in [0, 0.1) is 0 Å². The molecule has 0 radical (unpaired) electrons. The van der Waals surface area contributed by atoms with Crippen LogP contribution in [0.5, 0.6) is 0 Å². The number of allylic oxidation sites excluding steroid dienone is 1. The number of benzene rings is 1. The number of rotatable bonds is 5. The Morgan fingerprint density at radius 3 is 3.04 bits per heavy atom. The number of anilines is 1. The van der Waals surface area contributed by atoms with Crippen molar-refractivity contribution in [2.24, 2.45) is 0 Å². The fourth-order valence-corrected chi connectivity index (χ4v) is 4.25. The molecule has 1 aromatic carbocycles. The topological polar surface area (TPSA) is 58.2 Å². The number of hydrogen-bond donors (Lipinski definition) is 2. The largest absolute Gasteiger partial charge is 0.356 e. The van der Waals surface area contributed by atoms with Crippen LogP contribution < -0.4 is 10.6 Å². The number of carbonyl (C=O) groups excluding carboxylic acids is 2. The van der Waals surface area contributed by atoms with Gasteiger partial charge in [0.15, 0.2) is 0 Å². The maximum atomic E-state index is 12.2. The third-order valence-corrected chi connectivity index (χ3v) is 5.80. The van der Waals surface area contributed by atoms with Crippen molar-refractivity contribution < 1.29 is 9.59 Å². The highest BCUT2D eigenvalue weighted by atomic mass is 35.5. The van der Waals surface area contributed by atoms with E-state index in [4.69, 9.17) is 11.6 Å². The van der Waals surface area contributed by atoms with E-state index in [1.165, 1.54) is 30.2 Å². The molecule has 0 saturated heterocycles. The van der Waals surface area contributed by atoms with E-state index in [1.807, 2.05) is 6.07 Å². The Morgan fingerprint density at radius 2 is 2.25 bits per heavy atom. The second kappa shape index (κ2) is 8.08. The van der Waals surface area contributed by atoms with E-state index in [0.717, 1.165) is 29.8 Å². The summed E-state index contributed by atoms with van der Waals surface area (Å²) in [6.07, 6.45) is 8.23. The fraction of sp³-hybridized carbons (Fsp3) is 0.444. The van der Waals surface area contributed by atoms with E-state index in [9.17, 15) is 9.59 Å². The molecule has 0 fully saturated rings. The number of hydrogen-bond acceptors (Lipinski definition) is 3. The zero-order chi connectivity index (χ0) is 16.9. The number of amides is 2. The summed E-state index contributed by atoms with van der Waals surface area (Å²) >= 11 is 7.36. The predicted molar refractivity (Wildman–Crippen MR) is 98.5 cm³/mol. The number of fused-ring (bicyclic) bond motifs is 1. The molecule has 0 unspecified atom stereocenters. The highest BCUT2D eigenvalue weighted by Gasteiger charge is 2.29. The van der Waals surface area contributed by atoms with E-state index < -0.39 is 5.25 Å². The van der Waals surface area contributed by atoms with Gasteiger partial charge in [0.2, 0.25) is 11.8 Å². The molecule has 0 saturated carbocycles. The zero-order valence-corrected chi connectivity index (χ0v) is 15.0. The first-order chi connectivity index (χ1) is 11.6. The van der Waals surface area contributed by atoms with Crippen molar-refractivity contribution in [3.05, 3.63) is 34.9 Å². The molecule has 3 rings (SSSR count). The molecule has 4 nitrogen and oxygen atoms in total. The van der Waals surface area contributed by atoms with Crippen LogP contribution in [0.15, 0.2) is 34.7 Å². The molecular formula is C18H21ClN2O2S. The molecule has 1 aliphatic carbocycles. The quantitative estimate of drug-likeness (QED) is 0.771. The molecule has 0 aromatic heterocycles. The number of halogens is 1. The molecule has 1 aliphatic heterocycles. The van der Waals surface area contributed by atoms with Gasteiger partial charge in [0.1, 0.15) is 0 Å². The lowest BCUT2D eigenvalue weighted by Gasteiger charge is -2.24. The van der Waals surface area contributed by atoms with Crippen LogP contribution in [0.25, 0.3) is 0 Å². The van der Waals surface area contributed by atoms with Gasteiger partial charge in [0, 0.05) is 22.9 Å². The minimum absolute atomic E-state index is 0.0727. The number of nitrogens with one attached hydrogen (secondary N) is 2. The Balaban J connectivity index is 1.48. The summed E-state index contributed by atoms with van der Waals surface area (Å²) < 4.78 is 0. The normalized spacial score (nSPS) is 20.0. The zero-order valence-electron chi connectivity index (χ0n) is 13.4. The lowest BCUT2D eigenvalue weighted by Crippen LogP contribution is -2.35. The van der Waals surface area contributed by atoms with Gasteiger partial charge in [-0.25, -0.2) is 0 Å². The van der Waals surface area contributed by atoms with E-state index in [0.29, 0.717) is 11.6 Å². The van der Waals surface area contributed by atoms with Crippen LogP contribution in [0.2, 0.25) is 5.02 Å². The molecule has 0 bridgehead atoms. The van der Waals surface area contributed by atoms with E-state index >= 15 is 0 Å². The predicted octanol–water partition coefficient (Wildman–Crippen LogP) is 4.15. The number of carbonyl (C=O) groups is 2. The minimum Gasteiger partial charge on any atom is -0.356 e. The van der Waals surface area contributed by atoms with Crippen LogP contribution in [0.1, 0.15) is 38.5 Å². The number of thioether (sulfide) groups is 1. The Kier molecular flexibility index (Phi) is 5.85. The van der Waals surface area contributed by atoms with Gasteiger partial charge in [-0.05, 0) is 50.3 Å². The first kappa shape index (κ1) is 17.4. The summed E-state index contributed by atoms with van der Waals surface area (Å²) in [5, 5.41) is 5.96. The first-order valence-corrected chi connectivity index (χ1v) is 9.59. The molecule has 6 heteroatoms. The molecule has 1 heterocycles. The highest BCUT2D eigenvalue weighted by Crippen LogP contribution is 2.38. The van der Waals surface area contributed by atoms with Crippen LogP contribution in [0.4, 0.5) is 5.69 Å². The van der Waals surface area contributed by atoms with Crippen molar-refractivity contribution in [2.45, 2.75) is 48.7 Å². The summed E-state index contributed by atoms with van der Waals surface area (Å²) in [4.78, 5) is 25.2. The van der Waals surface area contributed by atoms with E-state index in [2.05, 4.69) is 16.7 Å². The second-order valence-corrected chi connectivity index (χ2v) is 7.83. The van der Waals surface area contributed by atoms with E-state index in [1.54, 1.807) is 12.1 Å². The summed E-state index contributed by atoms with van der Waals surface area (Å²) in [7, 11) is 0. The van der Waals surface area contributed by atoms with Crippen molar-refractivity contribution in [3.63, 3.8) is 0 Å². The molecule has 0 spiro atoms. The first-order valence-electron chi connectivity index (χ1n) is 8.33. The summed E-state index contributed by atoms with van der Waals surface area (Å²) in [5.41, 5.74) is 2.16. The maximum Gasteiger partial charge on any atom is 0.238 e. The van der Waals surface area contributed by atoms with Gasteiger partial charge in [-0.2, -0.15) is 0 Å². The summed E-state index contributed by atoms with van der Waals surface area (Å²) in [5.74, 6) is -0.212. The highest BCUT2D eigenvalue weighted by molar-refractivity contribution is 8.01. The molecule has 2 N–H and O–H groups in total. The molecule has 2 amide bonds. The van der Waals surface area contributed by atoms with Gasteiger partial charge in [0.05, 0.1) is 10.9 Å². The van der Waals surface area contributed by atoms with Crippen molar-refractivity contribution in [1.29, 1.82) is 0 Å². The Bertz CT molecular complexity index is 675. The van der Waals surface area contributed by atoms with Crippen LogP contribution >= 0.6 is 23.4 Å². The molecule has 128 valence electrons. The van der Waals surface area contributed by atoms with Gasteiger partial charge < -0.3 is 10.6 Å². The van der Waals surface area contributed by atoms with Gasteiger partial charge in [0.25, 0.3) is 0 Å². The second-order valence-electron chi connectivity index (χ2n) is 6.15. The van der Waals surface area contributed by atoms with Crippen LogP contribution in [0.3, 0.4) is 0 Å². The van der Waals surface area contributed by atoms with Gasteiger partial charge in [-0.15, -0.1) is 11.8 Å². The molecule has 2 aliphatic rings. The lowest BCUT2D eigenvalue weighted by molar-refractivity contribution is -0.124. The average molecular weight is 365 g/mol. The summed E-state index contributed by atoms with van der Waals surface area (Å²) in [6.45, 7) is 0.649. The van der Waals surface area contributed by atoms with Gasteiger partial charge in [-0.1, -0.05) is 23.3 Å². The van der Waals surface area contributed by atoms with Crippen molar-refractivity contribution >= 4 is 40.9 Å². The minimum atomic E-state index is -0.396. The summed E-state index contributed by atoms with van der Waals surface area (Å²) in [6, 6.07) is 5.40. The lowest BCUT2D eigenvalue weighted by atomic mass is 9.97. The van der Waals surface area contributed by atoms with Crippen LogP contribution in [-0.2, 0) is 9.59 Å². The van der Waals surface area contributed by atoms with Crippen molar-refractivity contribution in [2.75, 3.05) is 11.9 Å². The average Bonchev–Trinajstić information content (AvgIpc) is 2.57. The molecule has 1 atom stereocenters. The third kappa shape index (κ3) is 4.54. The monoisotopic (exact) mass is 364 g/mol. The SMILES string of the molecule is O=C(C[C@H]1Sc2ccc(Cl)cc2NC1=O)NCCC1=CCCCC1. The van der Waals surface area contributed by atoms with Crippen LogP contribution in [-0.4, -0.2) is 23.6 Å². The fourth-order valence-electron chi connectivity index (χ4n) is 2.99. The Morgan fingerprint density at radius 1 is 1.38 bits per heavy atom. The third-order valence-electron chi connectivity index (χ3n) is 4.29. The van der Waals surface area contributed by atoms with E-state index in [-0.39, 0.29) is 18.2 Å². The maximum absolute atomic E-state index is 12.2. The molecule has 24 heavy (non-hydrogen) atoms. The van der Waals surface area contributed by atoms with Crippen molar-refractivity contribution in [3.8, 4) is 0 Å². The Labute approximate surface area is 151 Å². The van der Waals surface area contributed by atoms with Gasteiger partial charge in [-0.3, -0.25) is 9.59 Å². The van der Waals surface area contributed by atoms with Crippen molar-refractivity contribution in [1.82, 2.24) is 5.32 Å². The molecular weight excluding hydrogens is 344 g/mol. The Hall–Kier alpha value is -1.46. The molecule has 1 aromatic rings. The standard InChI is InChI=1S/C18H21ClN2O2S/c19-13-6-7-15-14(10-13)21-18(23)16(24-15)11-17(22)20-9-8-12-4-2-1-3-5-12/h4,6-7,10,16H,1-3,5,8-9,11H2,(H,20,22)(H,21,23)/t16-/m1/s1. The van der Waals surface area contributed by atoms with Gasteiger partial charge >= 0.3 is 0 Å².